The van der Waals surface area contributed by atoms with Crippen LogP contribution in [0.3, 0.4) is 0 Å². The molecule has 0 spiro atoms. The molecular weight excluding hydrogens is 336 g/mol. The number of nitrogens with one attached hydrogen (secondary N) is 2. The summed E-state index contributed by atoms with van der Waals surface area (Å²) in [6.45, 7) is 0. The summed E-state index contributed by atoms with van der Waals surface area (Å²) in [6, 6.07) is 12.7. The number of carbonyl (C=O) groups excluding carboxylic acids is 1. The van der Waals surface area contributed by atoms with E-state index in [9.17, 15) is 13.2 Å². The minimum atomic E-state index is -3.61. The Morgan fingerprint density at radius 3 is 2.72 bits per heavy atom. The van der Waals surface area contributed by atoms with Gasteiger partial charge in [0.25, 0.3) is 0 Å². The van der Waals surface area contributed by atoms with Gasteiger partial charge in [0.15, 0.2) is 0 Å². The zero-order valence-electron chi connectivity index (χ0n) is 13.8. The number of sulfonamides is 1. The van der Waals surface area contributed by atoms with E-state index >= 15 is 0 Å². The van der Waals surface area contributed by atoms with E-state index in [1.54, 1.807) is 18.2 Å². The molecule has 1 amide bonds. The van der Waals surface area contributed by atoms with Crippen LogP contribution in [-0.4, -0.2) is 14.3 Å². The fraction of sp³-hybridized carbons (Fsp3) is 0.316. The van der Waals surface area contributed by atoms with Gasteiger partial charge in [-0.15, -0.1) is 0 Å². The maximum Gasteiger partial charge on any atom is 0.241 e. The van der Waals surface area contributed by atoms with Gasteiger partial charge in [0.1, 0.15) is 0 Å². The van der Waals surface area contributed by atoms with Crippen LogP contribution in [-0.2, 0) is 27.7 Å². The standard InChI is InChI=1S/C19H20N2O3S/c22-19-7-3-5-14-12-15(9-11-17(14)20-19)25(23,24)21-18-10-8-13-4-1-2-6-16(13)18/h1-2,4,6,9,11-12,18,21H,3,5,7-8,10H2,(H,20,22)/t18-/m0/s1. The fourth-order valence-electron chi connectivity index (χ4n) is 3.65. The van der Waals surface area contributed by atoms with Gasteiger partial charge in [-0.3, -0.25) is 4.79 Å². The monoisotopic (exact) mass is 356 g/mol. The highest BCUT2D eigenvalue weighted by Crippen LogP contribution is 2.32. The van der Waals surface area contributed by atoms with Gasteiger partial charge in [0.2, 0.25) is 15.9 Å². The van der Waals surface area contributed by atoms with E-state index < -0.39 is 10.0 Å². The molecule has 1 aliphatic heterocycles. The second-order valence-corrected chi connectivity index (χ2v) is 8.35. The van der Waals surface area contributed by atoms with Crippen molar-refractivity contribution in [3.8, 4) is 0 Å². The SMILES string of the molecule is O=C1CCCc2cc(S(=O)(=O)N[C@H]3CCc4ccccc43)ccc2N1. The molecule has 2 N–H and O–H groups in total. The first-order valence-corrected chi connectivity index (χ1v) is 10.0. The first-order chi connectivity index (χ1) is 12.0. The highest BCUT2D eigenvalue weighted by Gasteiger charge is 2.27. The molecule has 1 heterocycles. The van der Waals surface area contributed by atoms with Gasteiger partial charge in [0.05, 0.1) is 4.90 Å². The summed E-state index contributed by atoms with van der Waals surface area (Å²) in [7, 11) is -3.61. The lowest BCUT2D eigenvalue weighted by Crippen LogP contribution is -2.27. The Hall–Kier alpha value is -2.18. The summed E-state index contributed by atoms with van der Waals surface area (Å²) in [5.74, 6) is -0.0185. The van der Waals surface area contributed by atoms with E-state index in [1.165, 1.54) is 5.56 Å². The van der Waals surface area contributed by atoms with Crippen LogP contribution in [0.5, 0.6) is 0 Å². The van der Waals surface area contributed by atoms with Crippen LogP contribution in [0.1, 0.15) is 42.0 Å². The third-order valence-electron chi connectivity index (χ3n) is 4.94. The number of benzene rings is 2. The molecule has 2 aromatic rings. The number of rotatable bonds is 3. The summed E-state index contributed by atoms with van der Waals surface area (Å²) in [5.41, 5.74) is 3.86. The quantitative estimate of drug-likeness (QED) is 0.888. The van der Waals surface area contributed by atoms with Gasteiger partial charge in [0, 0.05) is 18.2 Å². The third kappa shape index (κ3) is 3.19. The van der Waals surface area contributed by atoms with Crippen LogP contribution in [0.15, 0.2) is 47.4 Å². The lowest BCUT2D eigenvalue weighted by molar-refractivity contribution is -0.116. The number of fused-ring (bicyclic) bond motifs is 2. The van der Waals surface area contributed by atoms with E-state index in [2.05, 4.69) is 16.1 Å². The Morgan fingerprint density at radius 2 is 1.84 bits per heavy atom. The molecule has 0 radical (unpaired) electrons. The molecule has 0 fully saturated rings. The molecule has 6 heteroatoms. The molecule has 4 rings (SSSR count). The predicted molar refractivity (Wildman–Crippen MR) is 95.8 cm³/mol. The molecule has 0 bridgehead atoms. The average Bonchev–Trinajstić information content (AvgIpc) is 2.88. The minimum absolute atomic E-state index is 0.0185. The summed E-state index contributed by atoms with van der Waals surface area (Å²) in [5, 5.41) is 2.83. The normalized spacial score (nSPS) is 19.7. The Balaban J connectivity index is 1.61. The summed E-state index contributed by atoms with van der Waals surface area (Å²) >= 11 is 0. The molecule has 0 unspecified atom stereocenters. The van der Waals surface area contributed by atoms with Crippen molar-refractivity contribution in [1.29, 1.82) is 0 Å². The minimum Gasteiger partial charge on any atom is -0.326 e. The summed E-state index contributed by atoms with van der Waals surface area (Å²) < 4.78 is 28.5. The molecule has 5 nitrogen and oxygen atoms in total. The first-order valence-electron chi connectivity index (χ1n) is 8.56. The van der Waals surface area contributed by atoms with Crippen molar-refractivity contribution >= 4 is 21.6 Å². The van der Waals surface area contributed by atoms with Crippen LogP contribution in [0.4, 0.5) is 5.69 Å². The number of carbonyl (C=O) groups is 1. The molecule has 1 aliphatic carbocycles. The highest BCUT2D eigenvalue weighted by atomic mass is 32.2. The largest absolute Gasteiger partial charge is 0.326 e. The van der Waals surface area contributed by atoms with Crippen molar-refractivity contribution in [3.63, 3.8) is 0 Å². The van der Waals surface area contributed by atoms with Crippen LogP contribution in [0, 0.1) is 0 Å². The van der Waals surface area contributed by atoms with E-state index in [1.807, 2.05) is 18.2 Å². The molecule has 0 saturated heterocycles. The molecule has 0 aromatic heterocycles. The second-order valence-electron chi connectivity index (χ2n) is 6.63. The maximum atomic E-state index is 12.8. The second kappa shape index (κ2) is 6.28. The average molecular weight is 356 g/mol. The number of anilines is 1. The lowest BCUT2D eigenvalue weighted by atomic mass is 10.1. The Bertz CT molecular complexity index is 937. The zero-order valence-corrected chi connectivity index (χ0v) is 14.6. The molecule has 130 valence electrons. The van der Waals surface area contributed by atoms with Gasteiger partial charge in [-0.25, -0.2) is 13.1 Å². The summed E-state index contributed by atoms with van der Waals surface area (Å²) in [4.78, 5) is 11.9. The molecule has 0 saturated carbocycles. The molecule has 1 atom stereocenters. The first kappa shape index (κ1) is 16.3. The van der Waals surface area contributed by atoms with E-state index in [-0.39, 0.29) is 16.8 Å². The third-order valence-corrected chi connectivity index (χ3v) is 6.41. The Labute approximate surface area is 147 Å². The maximum absolute atomic E-state index is 12.8. The van der Waals surface area contributed by atoms with E-state index in [0.29, 0.717) is 18.5 Å². The molecule has 2 aromatic carbocycles. The van der Waals surface area contributed by atoms with Gasteiger partial charge in [-0.05, 0) is 60.6 Å². The Kier molecular flexibility index (Phi) is 4.09. The zero-order chi connectivity index (χ0) is 17.4. The predicted octanol–water partition coefficient (Wildman–Crippen LogP) is 2.93. The molecular formula is C19H20N2O3S. The number of amides is 1. The number of hydrogen-bond donors (Lipinski definition) is 2. The fourth-order valence-corrected chi connectivity index (χ4v) is 4.95. The smallest absolute Gasteiger partial charge is 0.241 e. The van der Waals surface area contributed by atoms with Crippen LogP contribution >= 0.6 is 0 Å². The van der Waals surface area contributed by atoms with Crippen molar-refractivity contribution in [2.75, 3.05) is 5.32 Å². The van der Waals surface area contributed by atoms with Crippen molar-refractivity contribution in [1.82, 2.24) is 4.72 Å². The van der Waals surface area contributed by atoms with E-state index in [0.717, 1.165) is 30.4 Å². The lowest BCUT2D eigenvalue weighted by Gasteiger charge is -2.16. The van der Waals surface area contributed by atoms with E-state index in [4.69, 9.17) is 0 Å². The van der Waals surface area contributed by atoms with Gasteiger partial charge in [-0.1, -0.05) is 24.3 Å². The van der Waals surface area contributed by atoms with Crippen molar-refractivity contribution in [2.24, 2.45) is 0 Å². The number of hydrogen-bond acceptors (Lipinski definition) is 3. The topological polar surface area (TPSA) is 75.3 Å². The van der Waals surface area contributed by atoms with Gasteiger partial charge < -0.3 is 5.32 Å². The van der Waals surface area contributed by atoms with Crippen molar-refractivity contribution in [2.45, 2.75) is 43.0 Å². The van der Waals surface area contributed by atoms with Crippen molar-refractivity contribution < 1.29 is 13.2 Å². The van der Waals surface area contributed by atoms with Gasteiger partial charge in [-0.2, -0.15) is 0 Å². The molecule has 2 aliphatic rings. The van der Waals surface area contributed by atoms with Gasteiger partial charge >= 0.3 is 0 Å². The van der Waals surface area contributed by atoms with Crippen molar-refractivity contribution in [3.05, 3.63) is 59.2 Å². The Morgan fingerprint density at radius 1 is 1.00 bits per heavy atom. The van der Waals surface area contributed by atoms with Crippen LogP contribution < -0.4 is 10.0 Å². The highest BCUT2D eigenvalue weighted by molar-refractivity contribution is 7.89. The summed E-state index contributed by atoms with van der Waals surface area (Å²) in [6.07, 6.45) is 3.56. The van der Waals surface area contributed by atoms with Crippen LogP contribution in [0.25, 0.3) is 0 Å². The molecule has 25 heavy (non-hydrogen) atoms. The number of aryl methyl sites for hydroxylation is 2. The van der Waals surface area contributed by atoms with Crippen LogP contribution in [0.2, 0.25) is 0 Å².